The predicted molar refractivity (Wildman–Crippen MR) is 258 cm³/mol. The molecule has 2 saturated carbocycles. The van der Waals surface area contributed by atoms with Crippen LogP contribution in [0.1, 0.15) is 109 Å². The molecule has 3 aliphatic carbocycles. The number of fused-ring (bicyclic) bond motifs is 5. The van der Waals surface area contributed by atoms with Crippen molar-refractivity contribution in [1.82, 2.24) is 4.90 Å². The van der Waals surface area contributed by atoms with Crippen molar-refractivity contribution in [2.75, 3.05) is 27.9 Å². The molecule has 1 amide bonds. The molecule has 2 saturated heterocycles. The van der Waals surface area contributed by atoms with E-state index in [1.165, 1.54) is 45.3 Å². The first-order valence-corrected chi connectivity index (χ1v) is 24.3. The minimum Gasteiger partial charge on any atom is -0.497 e. The topological polar surface area (TPSA) is 218 Å². The van der Waals surface area contributed by atoms with Crippen molar-refractivity contribution in [2.24, 2.45) is 16.7 Å². The van der Waals surface area contributed by atoms with E-state index < -0.39 is 125 Å². The number of aliphatic hydroxyl groups is 1. The highest BCUT2D eigenvalue weighted by molar-refractivity contribution is 5.95. The van der Waals surface area contributed by atoms with Crippen LogP contribution >= 0.6 is 0 Å². The van der Waals surface area contributed by atoms with Crippen LogP contribution in [0.3, 0.4) is 0 Å². The number of benzene rings is 3. The van der Waals surface area contributed by atoms with E-state index in [1.807, 2.05) is 0 Å². The highest BCUT2D eigenvalue weighted by Crippen LogP contribution is 2.65. The fourth-order valence-corrected chi connectivity index (χ4v) is 12.1. The molecule has 0 spiro atoms. The normalized spacial score (nSPS) is 32.3. The van der Waals surface area contributed by atoms with Gasteiger partial charge in [0.05, 0.1) is 43.8 Å². The number of carbonyl (C=O) groups excluding carboxylic acids is 6. The Labute approximate surface area is 424 Å². The molecule has 5 aliphatic rings. The van der Waals surface area contributed by atoms with Crippen molar-refractivity contribution in [3.8, 4) is 11.5 Å². The average Bonchev–Trinajstić information content (AvgIpc) is 3.74. The molecule has 2 bridgehead atoms. The molecule has 3 aromatic rings. The highest BCUT2D eigenvalue weighted by atomic mass is 16.6. The molecular weight excluding hydrogens is 947 g/mol. The van der Waals surface area contributed by atoms with Gasteiger partial charge in [-0.15, -0.1) is 0 Å². The number of ketones is 1. The number of hydrogen-bond donors (Lipinski definition) is 1. The minimum atomic E-state index is -2.36. The molecule has 3 aromatic carbocycles. The van der Waals surface area contributed by atoms with Crippen molar-refractivity contribution in [2.45, 2.75) is 141 Å². The van der Waals surface area contributed by atoms with Crippen molar-refractivity contribution in [3.63, 3.8) is 0 Å². The molecule has 4 fully saturated rings. The molecule has 12 atom stereocenters. The van der Waals surface area contributed by atoms with Crippen LogP contribution in [-0.4, -0.2) is 127 Å². The lowest BCUT2D eigenvalue weighted by atomic mass is 9.44. The summed E-state index contributed by atoms with van der Waals surface area (Å²) < 4.78 is 61.6. The number of ether oxygens (including phenoxy) is 10. The molecule has 0 aromatic heterocycles. The Morgan fingerprint density at radius 1 is 0.836 bits per heavy atom. The third-order valence-electron chi connectivity index (χ3n) is 15.5. The van der Waals surface area contributed by atoms with Crippen LogP contribution in [0.5, 0.6) is 11.5 Å². The number of amides is 1. The van der Waals surface area contributed by atoms with Gasteiger partial charge in [0.1, 0.15) is 47.1 Å². The second-order valence-corrected chi connectivity index (χ2v) is 21.1. The standard InChI is InChI=1S/C55H65NO17/c1-29-37(69-49(61)43-41(32-19-15-13-16-20-32)56(50(62)73-51(4,5)6)47(70-43)35-24-23-34(64-10)25-36(35)65-11)27-55(63)46(71-48(60)33-21-17-14-18-22-33)44-53(9,45(59)42(68-30(2)57)40(29)52(55,7)8)38(66-12)26-39-54(44,28-67-39)72-31(3)58/h13-25,37-39,41-44,46-47,63H,26-28H2,1-12H3/t37?,38-,39?,41-,42+,43?,44?,46-,47?,53+,54-,55+/m0/s1. The summed E-state index contributed by atoms with van der Waals surface area (Å²) in [5, 5.41) is 14.1. The van der Waals surface area contributed by atoms with Gasteiger partial charge in [0.25, 0.3) is 0 Å². The summed E-state index contributed by atoms with van der Waals surface area (Å²) >= 11 is 0. The largest absolute Gasteiger partial charge is 0.497 e. The van der Waals surface area contributed by atoms with Crippen LogP contribution in [0.4, 0.5) is 4.79 Å². The summed E-state index contributed by atoms with van der Waals surface area (Å²) in [7, 11) is 4.33. The number of esters is 4. The molecular formula is C55H65NO17. The molecule has 18 heteroatoms. The zero-order valence-electron chi connectivity index (χ0n) is 43.2. The van der Waals surface area contributed by atoms with Gasteiger partial charge in [-0.25, -0.2) is 14.4 Å². The summed E-state index contributed by atoms with van der Waals surface area (Å²) in [6.45, 7) is 13.6. The van der Waals surface area contributed by atoms with Gasteiger partial charge in [-0.3, -0.25) is 19.3 Å². The van der Waals surface area contributed by atoms with E-state index in [-0.39, 0.29) is 35.5 Å². The second kappa shape index (κ2) is 19.5. The second-order valence-electron chi connectivity index (χ2n) is 21.1. The van der Waals surface area contributed by atoms with E-state index in [0.29, 0.717) is 16.9 Å². The van der Waals surface area contributed by atoms with Crippen molar-refractivity contribution in [1.29, 1.82) is 0 Å². The Bertz CT molecular complexity index is 2680. The summed E-state index contributed by atoms with van der Waals surface area (Å²) in [4.78, 5) is 88.6. The van der Waals surface area contributed by atoms with Gasteiger partial charge in [0.2, 0.25) is 0 Å². The number of carbonyl (C=O) groups is 6. The van der Waals surface area contributed by atoms with Crippen LogP contribution in [0.2, 0.25) is 0 Å². The van der Waals surface area contributed by atoms with Crippen LogP contribution in [0.25, 0.3) is 0 Å². The maximum absolute atomic E-state index is 16.0. The van der Waals surface area contributed by atoms with Crippen LogP contribution in [0, 0.1) is 16.7 Å². The quantitative estimate of drug-likeness (QED) is 0.117. The van der Waals surface area contributed by atoms with Gasteiger partial charge in [0, 0.05) is 50.8 Å². The van der Waals surface area contributed by atoms with Crippen LogP contribution in [0.15, 0.2) is 90.0 Å². The fraction of sp³-hybridized carbons (Fsp3) is 0.527. The molecule has 0 radical (unpaired) electrons. The zero-order valence-corrected chi connectivity index (χ0v) is 43.2. The van der Waals surface area contributed by atoms with Gasteiger partial charge >= 0.3 is 30.0 Å². The summed E-state index contributed by atoms with van der Waals surface area (Å²) in [6.07, 6.45) is -11.1. The SMILES string of the molecule is COc1ccc(C2OC(C(=O)OC3C[C@@]4(O)[C@@H](OC(=O)c5ccccc5)C5[C@]6(OC(C)=O)COC6C[C@H](OC)[C@@]5(C)C(=O)[C@H](OC(C)=O)C(=C3C)C4(C)C)[C@H](c3ccccc3)N2C(=O)OC(C)(C)C)c(OC)c1. The number of hydrogen-bond acceptors (Lipinski definition) is 17. The van der Waals surface area contributed by atoms with Gasteiger partial charge in [0.15, 0.2) is 29.8 Å². The Balaban J connectivity index is 1.32. The maximum Gasteiger partial charge on any atom is 0.413 e. The van der Waals surface area contributed by atoms with Gasteiger partial charge in [-0.1, -0.05) is 62.4 Å². The van der Waals surface area contributed by atoms with E-state index in [0.717, 1.165) is 6.92 Å². The van der Waals surface area contributed by atoms with Crippen molar-refractivity contribution >= 4 is 35.8 Å². The molecule has 5 unspecified atom stereocenters. The number of methoxy groups -OCH3 is 3. The number of Topliss-reactive ketones (excluding diaryl/α,β-unsaturated/α-hetero) is 1. The van der Waals surface area contributed by atoms with Crippen LogP contribution < -0.4 is 9.47 Å². The first kappa shape index (κ1) is 53.0. The highest BCUT2D eigenvalue weighted by Gasteiger charge is 2.78. The molecule has 2 heterocycles. The molecule has 2 aliphatic heterocycles. The Morgan fingerprint density at radius 3 is 2.05 bits per heavy atom. The predicted octanol–water partition coefficient (Wildman–Crippen LogP) is 6.95. The lowest BCUT2D eigenvalue weighted by Gasteiger charge is -2.67. The molecule has 18 nitrogen and oxygen atoms in total. The lowest BCUT2D eigenvalue weighted by Crippen LogP contribution is -2.82. The lowest BCUT2D eigenvalue weighted by molar-refractivity contribution is -0.347. The van der Waals surface area contributed by atoms with E-state index in [2.05, 4.69) is 0 Å². The molecule has 392 valence electrons. The third kappa shape index (κ3) is 8.93. The summed E-state index contributed by atoms with van der Waals surface area (Å²) in [5.41, 5.74) is -7.32. The van der Waals surface area contributed by atoms with Gasteiger partial charge < -0.3 is 52.5 Å². The first-order chi connectivity index (χ1) is 34.4. The van der Waals surface area contributed by atoms with Crippen molar-refractivity contribution in [3.05, 3.63) is 107 Å². The Morgan fingerprint density at radius 2 is 1.49 bits per heavy atom. The summed E-state index contributed by atoms with van der Waals surface area (Å²) in [5.74, 6) is -4.90. The molecule has 1 N–H and O–H groups in total. The van der Waals surface area contributed by atoms with Gasteiger partial charge in [-0.2, -0.15) is 0 Å². The van der Waals surface area contributed by atoms with E-state index in [9.17, 15) is 24.3 Å². The number of nitrogens with zero attached hydrogens (tertiary/aromatic N) is 1. The smallest absolute Gasteiger partial charge is 0.413 e. The van der Waals surface area contributed by atoms with E-state index in [4.69, 9.17) is 47.4 Å². The third-order valence-corrected chi connectivity index (χ3v) is 15.5. The monoisotopic (exact) mass is 1010 g/mol. The summed E-state index contributed by atoms with van der Waals surface area (Å²) in [6, 6.07) is 20.4. The fourth-order valence-electron chi connectivity index (χ4n) is 12.1. The van der Waals surface area contributed by atoms with E-state index in [1.54, 1.807) is 115 Å². The average molecular weight is 1010 g/mol. The first-order valence-electron chi connectivity index (χ1n) is 24.3. The Hall–Kier alpha value is -6.34. The maximum atomic E-state index is 16.0. The van der Waals surface area contributed by atoms with Crippen molar-refractivity contribution < 1.29 is 81.2 Å². The zero-order chi connectivity index (χ0) is 53.2. The molecule has 8 rings (SSSR count). The Kier molecular flexibility index (Phi) is 14.1. The van der Waals surface area contributed by atoms with E-state index >= 15 is 9.59 Å². The number of rotatable bonds is 11. The minimum absolute atomic E-state index is 0.0302. The molecule has 73 heavy (non-hydrogen) atoms. The van der Waals surface area contributed by atoms with Crippen LogP contribution in [-0.2, 0) is 57.1 Å². The van der Waals surface area contributed by atoms with Gasteiger partial charge in [-0.05, 0) is 75.6 Å².